The van der Waals surface area contributed by atoms with Crippen LogP contribution >= 0.6 is 11.6 Å². The summed E-state index contributed by atoms with van der Waals surface area (Å²) in [4.78, 5) is 10.6. The first-order valence-electron chi connectivity index (χ1n) is 8.06. The molecule has 0 unspecified atom stereocenters. The maximum atomic E-state index is 10.6. The predicted molar refractivity (Wildman–Crippen MR) is 97.5 cm³/mol. The number of benzene rings is 2. The van der Waals surface area contributed by atoms with Crippen LogP contribution in [0.2, 0.25) is 5.02 Å². The fourth-order valence-corrected chi connectivity index (χ4v) is 2.65. The van der Waals surface area contributed by atoms with Gasteiger partial charge in [0.2, 0.25) is 0 Å². The highest BCUT2D eigenvalue weighted by molar-refractivity contribution is 6.32. The molecule has 0 spiro atoms. The van der Waals surface area contributed by atoms with Crippen LogP contribution in [0.5, 0.6) is 11.5 Å². The van der Waals surface area contributed by atoms with Gasteiger partial charge in [0.05, 0.1) is 18.2 Å². The standard InChI is InChI=1S/C19H22ClNO4/c1-3-24-17-9-14(10-21-11-18(22)23)8-16(20)19(17)25-12-15-7-5-4-6-13(15)2/h4-9,21H,3,10-12H2,1-2H3,(H,22,23). The summed E-state index contributed by atoms with van der Waals surface area (Å²) < 4.78 is 11.6. The minimum atomic E-state index is -0.908. The zero-order chi connectivity index (χ0) is 18.2. The molecule has 0 aromatic heterocycles. The van der Waals surface area contributed by atoms with Gasteiger partial charge < -0.3 is 19.9 Å². The van der Waals surface area contributed by atoms with Crippen molar-refractivity contribution in [2.24, 2.45) is 0 Å². The van der Waals surface area contributed by atoms with Crippen molar-refractivity contribution < 1.29 is 19.4 Å². The van der Waals surface area contributed by atoms with Crippen LogP contribution < -0.4 is 14.8 Å². The van der Waals surface area contributed by atoms with Crippen LogP contribution in [0.1, 0.15) is 23.6 Å². The van der Waals surface area contributed by atoms with Crippen molar-refractivity contribution in [1.29, 1.82) is 0 Å². The molecule has 2 aromatic rings. The number of nitrogens with one attached hydrogen (secondary N) is 1. The molecular formula is C19H22ClNO4. The second-order valence-electron chi connectivity index (χ2n) is 5.55. The zero-order valence-electron chi connectivity index (χ0n) is 14.3. The number of carboxylic acid groups (broad SMARTS) is 1. The largest absolute Gasteiger partial charge is 0.490 e. The SMILES string of the molecule is CCOc1cc(CNCC(=O)O)cc(Cl)c1OCc1ccccc1C. The third-order valence-corrected chi connectivity index (χ3v) is 3.89. The van der Waals surface area contributed by atoms with E-state index in [2.05, 4.69) is 5.32 Å². The van der Waals surface area contributed by atoms with E-state index in [1.54, 1.807) is 6.07 Å². The summed E-state index contributed by atoms with van der Waals surface area (Å²) in [5.74, 6) is 0.138. The molecule has 0 atom stereocenters. The van der Waals surface area contributed by atoms with Crippen molar-refractivity contribution in [3.8, 4) is 11.5 Å². The molecule has 5 nitrogen and oxygen atoms in total. The molecule has 0 saturated carbocycles. The first-order chi connectivity index (χ1) is 12.0. The maximum Gasteiger partial charge on any atom is 0.317 e. The van der Waals surface area contributed by atoms with Crippen molar-refractivity contribution in [2.75, 3.05) is 13.2 Å². The van der Waals surface area contributed by atoms with Crippen molar-refractivity contribution >= 4 is 17.6 Å². The number of carbonyl (C=O) groups is 1. The fourth-order valence-electron chi connectivity index (χ4n) is 2.36. The molecule has 2 N–H and O–H groups in total. The molecule has 0 aliphatic rings. The molecule has 0 fully saturated rings. The van der Waals surface area contributed by atoms with Gasteiger partial charge in [-0.25, -0.2) is 0 Å². The molecule has 134 valence electrons. The van der Waals surface area contributed by atoms with E-state index in [-0.39, 0.29) is 6.54 Å². The van der Waals surface area contributed by atoms with E-state index < -0.39 is 5.97 Å². The normalized spacial score (nSPS) is 10.5. The molecule has 0 heterocycles. The Bertz CT molecular complexity index is 733. The zero-order valence-corrected chi connectivity index (χ0v) is 15.1. The lowest BCUT2D eigenvalue weighted by Gasteiger charge is -2.16. The predicted octanol–water partition coefficient (Wildman–Crippen LogP) is 3.80. The lowest BCUT2D eigenvalue weighted by Crippen LogP contribution is -2.21. The molecule has 0 aliphatic carbocycles. The monoisotopic (exact) mass is 363 g/mol. The average Bonchev–Trinajstić information content (AvgIpc) is 2.55. The van der Waals surface area contributed by atoms with Crippen LogP contribution in [0, 0.1) is 6.92 Å². The third-order valence-electron chi connectivity index (χ3n) is 3.61. The van der Waals surface area contributed by atoms with Gasteiger partial charge in [-0.1, -0.05) is 35.9 Å². The summed E-state index contributed by atoms with van der Waals surface area (Å²) in [6.07, 6.45) is 0. The first-order valence-corrected chi connectivity index (χ1v) is 8.44. The summed E-state index contributed by atoms with van der Waals surface area (Å²) in [6, 6.07) is 11.6. The van der Waals surface area contributed by atoms with Gasteiger partial charge >= 0.3 is 5.97 Å². The Labute approximate surface area is 152 Å². The number of aryl methyl sites for hydroxylation is 1. The molecule has 2 aromatic carbocycles. The van der Waals surface area contributed by atoms with E-state index in [0.717, 1.165) is 16.7 Å². The highest BCUT2D eigenvalue weighted by Crippen LogP contribution is 2.37. The highest BCUT2D eigenvalue weighted by atomic mass is 35.5. The van der Waals surface area contributed by atoms with Gasteiger partial charge in [-0.05, 0) is 42.7 Å². The van der Waals surface area contributed by atoms with Gasteiger partial charge in [-0.15, -0.1) is 0 Å². The van der Waals surface area contributed by atoms with Crippen molar-refractivity contribution in [3.63, 3.8) is 0 Å². The van der Waals surface area contributed by atoms with Crippen LogP contribution in [-0.2, 0) is 17.9 Å². The second-order valence-corrected chi connectivity index (χ2v) is 5.96. The van der Waals surface area contributed by atoms with Crippen LogP contribution in [0.3, 0.4) is 0 Å². The van der Waals surface area contributed by atoms with Crippen molar-refractivity contribution in [3.05, 3.63) is 58.1 Å². The summed E-state index contributed by atoms with van der Waals surface area (Å²) in [6.45, 7) is 5.04. The number of carboxylic acids is 1. The minimum Gasteiger partial charge on any atom is -0.490 e. The van der Waals surface area contributed by atoms with Crippen LogP contribution in [0.25, 0.3) is 0 Å². The number of rotatable bonds is 9. The van der Waals surface area contributed by atoms with Gasteiger partial charge in [0.15, 0.2) is 11.5 Å². The van der Waals surface area contributed by atoms with E-state index in [9.17, 15) is 4.79 Å². The Morgan fingerprint density at radius 1 is 1.24 bits per heavy atom. The van der Waals surface area contributed by atoms with E-state index in [4.69, 9.17) is 26.2 Å². The number of aliphatic carboxylic acids is 1. The quantitative estimate of drug-likeness (QED) is 0.709. The lowest BCUT2D eigenvalue weighted by atomic mass is 10.1. The Balaban J connectivity index is 2.15. The maximum absolute atomic E-state index is 10.6. The molecule has 0 amide bonds. The van der Waals surface area contributed by atoms with Crippen molar-refractivity contribution in [1.82, 2.24) is 5.32 Å². The molecule has 25 heavy (non-hydrogen) atoms. The Kier molecular flexibility index (Phi) is 7.10. The van der Waals surface area contributed by atoms with E-state index >= 15 is 0 Å². The Hall–Kier alpha value is -2.24. The minimum absolute atomic E-state index is 0.118. The van der Waals surface area contributed by atoms with E-state index in [1.165, 1.54) is 0 Å². The molecule has 0 aliphatic heterocycles. The summed E-state index contributed by atoms with van der Waals surface area (Å²) >= 11 is 6.37. The van der Waals surface area contributed by atoms with Crippen LogP contribution in [0.15, 0.2) is 36.4 Å². The molecule has 0 saturated heterocycles. The molecular weight excluding hydrogens is 342 g/mol. The average molecular weight is 364 g/mol. The fraction of sp³-hybridized carbons (Fsp3) is 0.316. The van der Waals surface area contributed by atoms with Gasteiger partial charge in [-0.3, -0.25) is 4.79 Å². The Morgan fingerprint density at radius 2 is 2.00 bits per heavy atom. The van der Waals surface area contributed by atoms with E-state index in [1.807, 2.05) is 44.2 Å². The molecule has 6 heteroatoms. The van der Waals surface area contributed by atoms with Gasteiger partial charge in [0.1, 0.15) is 6.61 Å². The smallest absolute Gasteiger partial charge is 0.317 e. The second kappa shape index (κ2) is 9.30. The highest BCUT2D eigenvalue weighted by Gasteiger charge is 2.13. The lowest BCUT2D eigenvalue weighted by molar-refractivity contribution is -0.135. The third kappa shape index (κ3) is 5.66. The van der Waals surface area contributed by atoms with Crippen LogP contribution in [-0.4, -0.2) is 24.2 Å². The molecule has 2 rings (SSSR count). The van der Waals surface area contributed by atoms with E-state index in [0.29, 0.717) is 36.3 Å². The first kappa shape index (κ1) is 19.1. The summed E-state index contributed by atoms with van der Waals surface area (Å²) in [5.41, 5.74) is 3.05. The topological polar surface area (TPSA) is 67.8 Å². The van der Waals surface area contributed by atoms with Crippen molar-refractivity contribution in [2.45, 2.75) is 27.0 Å². The summed E-state index contributed by atoms with van der Waals surface area (Å²) in [7, 11) is 0. The number of ether oxygens (including phenoxy) is 2. The van der Waals surface area contributed by atoms with Gasteiger partial charge in [0.25, 0.3) is 0 Å². The molecule has 0 radical (unpaired) electrons. The summed E-state index contributed by atoms with van der Waals surface area (Å²) in [5, 5.41) is 12.0. The van der Waals surface area contributed by atoms with Crippen LogP contribution in [0.4, 0.5) is 0 Å². The number of hydrogen-bond donors (Lipinski definition) is 2. The number of halogens is 1. The van der Waals surface area contributed by atoms with Gasteiger partial charge in [0, 0.05) is 6.54 Å². The molecule has 0 bridgehead atoms. The van der Waals surface area contributed by atoms with Gasteiger partial charge in [-0.2, -0.15) is 0 Å². The number of hydrogen-bond acceptors (Lipinski definition) is 4. The Morgan fingerprint density at radius 3 is 2.68 bits per heavy atom.